The van der Waals surface area contributed by atoms with Crippen molar-refractivity contribution in [2.24, 2.45) is 4.99 Å². The molecule has 1 aliphatic heterocycles. The minimum atomic E-state index is -0.118. The van der Waals surface area contributed by atoms with Crippen LogP contribution in [0.3, 0.4) is 0 Å². The van der Waals surface area contributed by atoms with Crippen LogP contribution in [-0.2, 0) is 0 Å². The summed E-state index contributed by atoms with van der Waals surface area (Å²) in [5, 5.41) is 27.3. The number of pyridine rings is 1. The second-order valence-corrected chi connectivity index (χ2v) is 9.71. The van der Waals surface area contributed by atoms with E-state index in [4.69, 9.17) is 4.98 Å². The van der Waals surface area contributed by atoms with E-state index in [0.29, 0.717) is 30.0 Å². The lowest BCUT2D eigenvalue weighted by Gasteiger charge is -2.32. The Balaban J connectivity index is 1.08. The molecule has 1 amide bonds. The highest BCUT2D eigenvalue weighted by atomic mass is 16.6. The highest BCUT2D eigenvalue weighted by Gasteiger charge is 2.25. The van der Waals surface area contributed by atoms with Gasteiger partial charge in [0, 0.05) is 23.9 Å². The molecule has 0 spiro atoms. The van der Waals surface area contributed by atoms with Crippen molar-refractivity contribution in [3.63, 3.8) is 0 Å². The maximum atomic E-state index is 13.0. The van der Waals surface area contributed by atoms with Crippen molar-refractivity contribution in [2.75, 3.05) is 43.5 Å². The van der Waals surface area contributed by atoms with Gasteiger partial charge in [0.1, 0.15) is 11.4 Å². The van der Waals surface area contributed by atoms with Crippen molar-refractivity contribution in [1.29, 1.82) is 0 Å². The average Bonchev–Trinajstić information content (AvgIpc) is 2.95. The summed E-state index contributed by atoms with van der Waals surface area (Å²) in [7, 11) is 2.03. The smallest absolute Gasteiger partial charge is 0.253 e. The maximum absolute atomic E-state index is 13.0. The van der Waals surface area contributed by atoms with Crippen LogP contribution >= 0.6 is 0 Å². The number of benzene rings is 3. The Kier molecular flexibility index (Phi) is 7.87. The molecule has 10 heteroatoms. The molecule has 39 heavy (non-hydrogen) atoms. The van der Waals surface area contributed by atoms with E-state index in [2.05, 4.69) is 26.7 Å². The summed E-state index contributed by atoms with van der Waals surface area (Å²) in [5.74, 6) is 0.0419. The number of hydrogen-bond donors (Lipinski definition) is 4. The van der Waals surface area contributed by atoms with Gasteiger partial charge in [-0.1, -0.05) is 42.5 Å². The summed E-state index contributed by atoms with van der Waals surface area (Å²) in [5.41, 5.74) is 6.85. The molecule has 3 aromatic carbocycles. The Morgan fingerprint density at radius 1 is 0.974 bits per heavy atom. The third kappa shape index (κ3) is 5.78. The summed E-state index contributed by atoms with van der Waals surface area (Å²) in [4.78, 5) is 24.4. The first-order valence-electron chi connectivity index (χ1n) is 13.1. The molecule has 4 aromatic rings. The van der Waals surface area contributed by atoms with Crippen LogP contribution in [0.1, 0.15) is 28.8 Å². The Morgan fingerprint density at radius 2 is 1.69 bits per heavy atom. The normalized spacial score (nSPS) is 14.2. The topological polar surface area (TPSA) is 117 Å². The number of aryl methyl sites for hydroxylation is 1. The largest absolute Gasteiger partial charge is 0.352 e. The van der Waals surface area contributed by atoms with Gasteiger partial charge in [0.15, 0.2) is 0 Å². The molecule has 0 radical (unpaired) electrons. The molecular formula is C29H33N7O3. The molecule has 0 atom stereocenters. The number of rotatable bonds is 9. The Bertz CT molecular complexity index is 1520. The predicted octanol–water partition coefficient (Wildman–Crippen LogP) is 4.10. The van der Waals surface area contributed by atoms with Gasteiger partial charge in [-0.15, -0.1) is 0 Å². The number of nitrogens with one attached hydrogen (secondary N) is 2. The van der Waals surface area contributed by atoms with Crippen LogP contribution in [0.15, 0.2) is 71.7 Å². The van der Waals surface area contributed by atoms with Gasteiger partial charge < -0.3 is 10.2 Å². The summed E-state index contributed by atoms with van der Waals surface area (Å²) in [6.07, 6.45) is 1.57. The zero-order chi connectivity index (χ0) is 27.4. The minimum Gasteiger partial charge on any atom is -0.352 e. The molecule has 2 heterocycles. The summed E-state index contributed by atoms with van der Waals surface area (Å²) in [6.45, 7) is 4.68. The molecule has 0 aliphatic carbocycles. The van der Waals surface area contributed by atoms with E-state index in [0.717, 1.165) is 63.5 Å². The van der Waals surface area contributed by atoms with E-state index in [9.17, 15) is 15.2 Å². The second-order valence-electron chi connectivity index (χ2n) is 9.71. The molecule has 0 fully saturated rings. The van der Waals surface area contributed by atoms with Gasteiger partial charge in [-0.3, -0.25) is 15.2 Å². The number of hydroxylamine groups is 1. The van der Waals surface area contributed by atoms with E-state index < -0.39 is 0 Å². The Labute approximate surface area is 227 Å². The van der Waals surface area contributed by atoms with Crippen molar-refractivity contribution in [3.8, 4) is 0 Å². The van der Waals surface area contributed by atoms with E-state index in [1.54, 1.807) is 24.3 Å². The second kappa shape index (κ2) is 11.6. The average molecular weight is 528 g/mol. The minimum absolute atomic E-state index is 0.118. The van der Waals surface area contributed by atoms with Gasteiger partial charge >= 0.3 is 0 Å². The van der Waals surface area contributed by atoms with Crippen LogP contribution in [0.25, 0.3) is 21.8 Å². The molecular weight excluding hydrogens is 494 g/mol. The number of aromatic nitrogens is 1. The Hall–Kier alpha value is -4.25. The summed E-state index contributed by atoms with van der Waals surface area (Å²) < 4.78 is 0. The number of guanidine groups is 1. The summed E-state index contributed by atoms with van der Waals surface area (Å²) in [6, 6.07) is 20.8. The quantitative estimate of drug-likeness (QED) is 0.190. The number of amides is 1. The van der Waals surface area contributed by atoms with Crippen molar-refractivity contribution in [3.05, 3.63) is 77.9 Å². The van der Waals surface area contributed by atoms with Crippen LogP contribution < -0.4 is 21.0 Å². The van der Waals surface area contributed by atoms with Gasteiger partial charge in [-0.25, -0.2) is 15.4 Å². The van der Waals surface area contributed by atoms with E-state index in [1.807, 2.05) is 50.4 Å². The molecule has 4 N–H and O–H groups in total. The lowest BCUT2D eigenvalue weighted by Crippen LogP contribution is -2.52. The molecule has 1 aromatic heterocycles. The molecule has 0 saturated heterocycles. The molecule has 0 saturated carbocycles. The number of carbonyl (C=O) groups excluding carboxylic acids is 1. The van der Waals surface area contributed by atoms with Crippen LogP contribution in [-0.4, -0.2) is 65.4 Å². The van der Waals surface area contributed by atoms with Crippen LogP contribution in [0.5, 0.6) is 0 Å². The number of anilines is 2. The van der Waals surface area contributed by atoms with Crippen LogP contribution in [0, 0.1) is 6.92 Å². The number of carbonyl (C=O) groups is 1. The molecule has 0 bridgehead atoms. The number of para-hydroxylation sites is 4. The number of hydrazine groups is 1. The summed E-state index contributed by atoms with van der Waals surface area (Å²) >= 11 is 0. The van der Waals surface area contributed by atoms with Gasteiger partial charge in [0.25, 0.3) is 5.91 Å². The van der Waals surface area contributed by atoms with E-state index >= 15 is 0 Å². The lowest BCUT2D eigenvalue weighted by atomic mass is 10.0. The number of fused-ring (bicyclic) bond motifs is 3. The number of hydrogen-bond acceptors (Lipinski definition) is 7. The SMILES string of the molecule is Cc1cccc2cc3cccc(C(=O)NCCCN(C)CCCN=C4NN(O)c5ccccc5N4O)c3nc12. The fraction of sp³-hybridized carbons (Fsp3) is 0.276. The fourth-order valence-corrected chi connectivity index (χ4v) is 4.74. The third-order valence-electron chi connectivity index (χ3n) is 6.82. The Morgan fingerprint density at radius 3 is 2.51 bits per heavy atom. The highest BCUT2D eigenvalue weighted by Crippen LogP contribution is 2.29. The van der Waals surface area contributed by atoms with Crippen molar-refractivity contribution in [2.45, 2.75) is 19.8 Å². The van der Waals surface area contributed by atoms with Gasteiger partial charge in [-0.05, 0) is 69.7 Å². The van der Waals surface area contributed by atoms with Gasteiger partial charge in [0.2, 0.25) is 5.96 Å². The van der Waals surface area contributed by atoms with E-state index in [-0.39, 0.29) is 11.9 Å². The zero-order valence-corrected chi connectivity index (χ0v) is 22.1. The van der Waals surface area contributed by atoms with Crippen LogP contribution in [0.2, 0.25) is 0 Å². The third-order valence-corrected chi connectivity index (χ3v) is 6.82. The molecule has 5 rings (SSSR count). The molecule has 10 nitrogen and oxygen atoms in total. The van der Waals surface area contributed by atoms with E-state index in [1.165, 1.54) is 0 Å². The number of aliphatic imine (C=N–C) groups is 1. The number of nitrogens with zero attached hydrogens (tertiary/aromatic N) is 5. The van der Waals surface area contributed by atoms with Crippen molar-refractivity contribution in [1.82, 2.24) is 20.6 Å². The maximum Gasteiger partial charge on any atom is 0.253 e. The molecule has 0 unspecified atom stereocenters. The fourth-order valence-electron chi connectivity index (χ4n) is 4.74. The zero-order valence-electron chi connectivity index (χ0n) is 22.1. The first kappa shape index (κ1) is 26.4. The van der Waals surface area contributed by atoms with Gasteiger partial charge in [-0.2, -0.15) is 10.2 Å². The predicted molar refractivity (Wildman–Crippen MR) is 153 cm³/mol. The van der Waals surface area contributed by atoms with Crippen molar-refractivity contribution >= 4 is 45.0 Å². The highest BCUT2D eigenvalue weighted by molar-refractivity contribution is 6.08. The lowest BCUT2D eigenvalue weighted by molar-refractivity contribution is 0.0953. The van der Waals surface area contributed by atoms with Crippen LogP contribution in [0.4, 0.5) is 11.4 Å². The monoisotopic (exact) mass is 527 g/mol. The molecule has 1 aliphatic rings. The first-order valence-corrected chi connectivity index (χ1v) is 13.1. The van der Waals surface area contributed by atoms with Gasteiger partial charge in [0.05, 0.1) is 16.6 Å². The van der Waals surface area contributed by atoms with Crippen molar-refractivity contribution < 1.29 is 15.2 Å². The standard InChI is InChI=1S/C29H33N7O3/c1-20-9-5-10-21-19-22-11-6-12-23(27(22)32-26(20)21)28(37)30-15-7-17-34(2)18-8-16-31-29-33-36(39)25-14-4-3-13-24(25)35(29)38/h3-6,9-14,19,38-39H,7-8,15-18H2,1-2H3,(H,30,37)(H,31,33). The first-order chi connectivity index (χ1) is 18.9. The molecule has 202 valence electrons.